The lowest BCUT2D eigenvalue weighted by Gasteiger charge is -2.27. The van der Waals surface area contributed by atoms with E-state index < -0.39 is 0 Å². The minimum Gasteiger partial charge on any atom is -0.339 e. The Morgan fingerprint density at radius 3 is 2.52 bits per heavy atom. The molecule has 2 heterocycles. The van der Waals surface area contributed by atoms with Crippen molar-refractivity contribution < 1.29 is 4.79 Å². The van der Waals surface area contributed by atoms with Gasteiger partial charge in [-0.1, -0.05) is 24.6 Å². The zero-order valence-electron chi connectivity index (χ0n) is 19.1. The van der Waals surface area contributed by atoms with Crippen molar-refractivity contribution in [2.75, 3.05) is 27.7 Å². The van der Waals surface area contributed by atoms with Gasteiger partial charge in [0.2, 0.25) is 5.78 Å². The number of hydrogen-bond donors (Lipinski definition) is 1. The standard InChI is InChI=1S/C23H31ClN6O/c1-7-17(28(4)5)12-29(6)22(31)20-13-30-21(18-9-8-16(24)10-14(18)2)19(11-25)15(3)26-23(30)27-20/h8-10,13,17H,7,11-12,25H2,1-6H3/t17-/m1/s1. The second-order valence-electron chi connectivity index (χ2n) is 8.20. The molecule has 31 heavy (non-hydrogen) atoms. The van der Waals surface area contributed by atoms with E-state index in [4.69, 9.17) is 17.3 Å². The summed E-state index contributed by atoms with van der Waals surface area (Å²) in [5.74, 6) is 0.354. The first kappa shape index (κ1) is 23.2. The van der Waals surface area contributed by atoms with E-state index in [0.717, 1.165) is 34.5 Å². The van der Waals surface area contributed by atoms with E-state index in [1.54, 1.807) is 11.1 Å². The molecule has 0 aliphatic heterocycles. The van der Waals surface area contributed by atoms with Gasteiger partial charge in [0.05, 0.1) is 5.69 Å². The molecule has 0 bridgehead atoms. The molecule has 0 unspecified atom stereocenters. The summed E-state index contributed by atoms with van der Waals surface area (Å²) >= 11 is 6.17. The lowest BCUT2D eigenvalue weighted by Crippen LogP contribution is -2.41. The molecule has 7 nitrogen and oxygen atoms in total. The van der Waals surface area contributed by atoms with E-state index in [0.29, 0.717) is 29.6 Å². The molecule has 3 aromatic rings. The van der Waals surface area contributed by atoms with Gasteiger partial charge in [0.25, 0.3) is 5.91 Å². The molecule has 0 radical (unpaired) electrons. The third-order valence-corrected chi connectivity index (χ3v) is 6.05. The number of aryl methyl sites for hydroxylation is 2. The van der Waals surface area contributed by atoms with Crippen molar-refractivity contribution in [2.45, 2.75) is 39.8 Å². The second kappa shape index (κ2) is 9.34. The van der Waals surface area contributed by atoms with Gasteiger partial charge in [0, 0.05) is 54.2 Å². The summed E-state index contributed by atoms with van der Waals surface area (Å²) in [5.41, 5.74) is 11.1. The fourth-order valence-corrected chi connectivity index (χ4v) is 4.16. The van der Waals surface area contributed by atoms with Gasteiger partial charge in [-0.2, -0.15) is 0 Å². The van der Waals surface area contributed by atoms with Gasteiger partial charge in [-0.25, -0.2) is 9.97 Å². The van der Waals surface area contributed by atoms with E-state index in [2.05, 4.69) is 21.8 Å². The van der Waals surface area contributed by atoms with E-state index >= 15 is 0 Å². The smallest absolute Gasteiger partial charge is 0.273 e. The van der Waals surface area contributed by atoms with Crippen LogP contribution in [0, 0.1) is 13.8 Å². The quantitative estimate of drug-likeness (QED) is 0.605. The zero-order chi connectivity index (χ0) is 22.9. The lowest BCUT2D eigenvalue weighted by atomic mass is 10.00. The summed E-state index contributed by atoms with van der Waals surface area (Å²) in [6.07, 6.45) is 2.72. The Morgan fingerprint density at radius 2 is 1.94 bits per heavy atom. The minimum absolute atomic E-state index is 0.128. The number of imidazole rings is 1. The van der Waals surface area contributed by atoms with E-state index in [9.17, 15) is 4.79 Å². The Labute approximate surface area is 188 Å². The Bertz CT molecular complexity index is 1110. The molecule has 1 aromatic carbocycles. The van der Waals surface area contributed by atoms with E-state index in [1.807, 2.05) is 57.6 Å². The van der Waals surface area contributed by atoms with Crippen LogP contribution >= 0.6 is 11.6 Å². The zero-order valence-corrected chi connectivity index (χ0v) is 19.9. The number of nitrogens with zero attached hydrogens (tertiary/aromatic N) is 5. The molecule has 0 fully saturated rings. The van der Waals surface area contributed by atoms with E-state index in [-0.39, 0.29) is 11.9 Å². The third kappa shape index (κ3) is 4.59. The molecule has 2 aromatic heterocycles. The predicted octanol–water partition coefficient (Wildman–Crippen LogP) is 3.54. The molecule has 1 atom stereocenters. The normalized spacial score (nSPS) is 12.5. The SMILES string of the molecule is CC[C@H](CN(C)C(=O)c1cn2c(-c3ccc(Cl)cc3C)c(CN)c(C)nc2n1)N(C)C. The van der Waals surface area contributed by atoms with Gasteiger partial charge < -0.3 is 15.5 Å². The molecular weight excluding hydrogens is 412 g/mol. The fraction of sp³-hybridized carbons (Fsp3) is 0.435. The van der Waals surface area contributed by atoms with Crippen molar-refractivity contribution >= 4 is 23.3 Å². The lowest BCUT2D eigenvalue weighted by molar-refractivity contribution is 0.0748. The molecule has 8 heteroatoms. The Hall–Kier alpha value is -2.48. The molecule has 166 valence electrons. The molecule has 3 rings (SSSR count). The molecule has 2 N–H and O–H groups in total. The van der Waals surface area contributed by atoms with Crippen LogP contribution in [0.4, 0.5) is 0 Å². The van der Waals surface area contributed by atoms with Crippen LogP contribution in [0.2, 0.25) is 5.02 Å². The number of hydrogen-bond acceptors (Lipinski definition) is 5. The second-order valence-corrected chi connectivity index (χ2v) is 8.63. The van der Waals surface area contributed by atoms with Gasteiger partial charge in [-0.15, -0.1) is 0 Å². The summed E-state index contributed by atoms with van der Waals surface area (Å²) in [7, 11) is 5.87. The van der Waals surface area contributed by atoms with Crippen LogP contribution in [0.25, 0.3) is 17.0 Å². The van der Waals surface area contributed by atoms with Crippen LogP contribution in [-0.4, -0.2) is 63.8 Å². The van der Waals surface area contributed by atoms with Crippen LogP contribution in [0.1, 0.15) is 40.7 Å². The first-order valence-electron chi connectivity index (χ1n) is 10.4. The topological polar surface area (TPSA) is 79.8 Å². The first-order chi connectivity index (χ1) is 14.7. The molecule has 0 spiro atoms. The van der Waals surface area contributed by atoms with Crippen molar-refractivity contribution in [2.24, 2.45) is 5.73 Å². The average molecular weight is 443 g/mol. The summed E-state index contributed by atoms with van der Waals surface area (Å²) in [4.78, 5) is 26.2. The van der Waals surface area contributed by atoms with Gasteiger partial charge in [0.15, 0.2) is 0 Å². The van der Waals surface area contributed by atoms with Gasteiger partial charge >= 0.3 is 0 Å². The number of halogens is 1. The van der Waals surface area contributed by atoms with Crippen LogP contribution in [0.15, 0.2) is 24.4 Å². The van der Waals surface area contributed by atoms with Crippen molar-refractivity contribution in [3.05, 3.63) is 51.9 Å². The number of aromatic nitrogens is 3. The van der Waals surface area contributed by atoms with Crippen molar-refractivity contribution in [1.29, 1.82) is 0 Å². The number of likely N-dealkylation sites (N-methyl/N-ethyl adjacent to an activating group) is 2. The number of amides is 1. The number of carbonyl (C=O) groups is 1. The average Bonchev–Trinajstić information content (AvgIpc) is 3.13. The molecule has 0 saturated carbocycles. The van der Waals surface area contributed by atoms with Gasteiger partial charge in [0.1, 0.15) is 5.69 Å². The maximum atomic E-state index is 13.1. The highest BCUT2D eigenvalue weighted by molar-refractivity contribution is 6.30. The molecule has 0 aliphatic rings. The van der Waals surface area contributed by atoms with Crippen LogP contribution in [0.5, 0.6) is 0 Å². The highest BCUT2D eigenvalue weighted by Gasteiger charge is 2.23. The summed E-state index contributed by atoms with van der Waals surface area (Å²) in [6, 6.07) is 6.03. The predicted molar refractivity (Wildman–Crippen MR) is 126 cm³/mol. The monoisotopic (exact) mass is 442 g/mol. The van der Waals surface area contributed by atoms with Crippen LogP contribution < -0.4 is 5.73 Å². The maximum absolute atomic E-state index is 13.1. The number of rotatable bonds is 7. The number of fused-ring (bicyclic) bond motifs is 1. The van der Waals surface area contributed by atoms with Crippen molar-refractivity contribution in [3.8, 4) is 11.3 Å². The fourth-order valence-electron chi connectivity index (χ4n) is 3.93. The summed E-state index contributed by atoms with van der Waals surface area (Å²) in [6.45, 7) is 7.00. The van der Waals surface area contributed by atoms with Crippen molar-refractivity contribution in [3.63, 3.8) is 0 Å². The van der Waals surface area contributed by atoms with Gasteiger partial charge in [-0.3, -0.25) is 9.20 Å². The summed E-state index contributed by atoms with van der Waals surface area (Å²) < 4.78 is 1.87. The number of carbonyl (C=O) groups excluding carboxylic acids is 1. The van der Waals surface area contributed by atoms with Crippen LogP contribution in [0.3, 0.4) is 0 Å². The van der Waals surface area contributed by atoms with Gasteiger partial charge in [-0.05, 0) is 52.1 Å². The van der Waals surface area contributed by atoms with Crippen LogP contribution in [-0.2, 0) is 6.54 Å². The molecule has 0 aliphatic carbocycles. The third-order valence-electron chi connectivity index (χ3n) is 5.82. The number of nitrogens with two attached hydrogens (primary N) is 1. The Balaban J connectivity index is 2.11. The Morgan fingerprint density at radius 1 is 1.23 bits per heavy atom. The maximum Gasteiger partial charge on any atom is 0.273 e. The van der Waals surface area contributed by atoms with Crippen molar-refractivity contribution in [1.82, 2.24) is 24.2 Å². The molecule has 0 saturated heterocycles. The molecular formula is C23H31ClN6O. The highest BCUT2D eigenvalue weighted by atomic mass is 35.5. The largest absolute Gasteiger partial charge is 0.339 e. The summed E-state index contributed by atoms with van der Waals surface area (Å²) in [5, 5.41) is 0.673. The van der Waals surface area contributed by atoms with E-state index in [1.165, 1.54) is 0 Å². The highest BCUT2D eigenvalue weighted by Crippen LogP contribution is 2.31. The minimum atomic E-state index is -0.128. The molecule has 1 amide bonds. The Kier molecular flexibility index (Phi) is 6.99. The first-order valence-corrected chi connectivity index (χ1v) is 10.8. The number of benzene rings is 1.